The molecule has 0 bridgehead atoms. The standard InChI is InChI=1S/C15H16FN3O/c1-9(10-2-5-12(17)6-3-10)19-14-7-4-11(16)8-13(14)15(18)20/h2-9,19H,17H2,1H3,(H2,18,20). The number of amides is 1. The Morgan fingerprint density at radius 3 is 2.45 bits per heavy atom. The summed E-state index contributed by atoms with van der Waals surface area (Å²) in [7, 11) is 0. The molecule has 1 amide bonds. The molecule has 1 atom stereocenters. The molecule has 0 spiro atoms. The van der Waals surface area contributed by atoms with Crippen molar-refractivity contribution in [2.24, 2.45) is 5.73 Å². The van der Waals surface area contributed by atoms with Crippen LogP contribution in [0.2, 0.25) is 0 Å². The number of hydrogen-bond donors (Lipinski definition) is 3. The van der Waals surface area contributed by atoms with Crippen molar-refractivity contribution in [3.05, 3.63) is 59.4 Å². The second-order valence-electron chi connectivity index (χ2n) is 4.59. The predicted octanol–water partition coefficient (Wildman–Crippen LogP) is 2.68. The van der Waals surface area contributed by atoms with E-state index in [1.165, 1.54) is 12.1 Å². The van der Waals surface area contributed by atoms with Gasteiger partial charge in [0.1, 0.15) is 5.82 Å². The van der Waals surface area contributed by atoms with Gasteiger partial charge in [0.05, 0.1) is 5.56 Å². The molecular formula is C15H16FN3O. The van der Waals surface area contributed by atoms with Gasteiger partial charge in [-0.2, -0.15) is 0 Å². The van der Waals surface area contributed by atoms with Crippen LogP contribution in [-0.4, -0.2) is 5.91 Å². The Hall–Kier alpha value is -2.56. The Labute approximate surface area is 116 Å². The third-order valence-corrected chi connectivity index (χ3v) is 3.06. The van der Waals surface area contributed by atoms with E-state index in [0.29, 0.717) is 11.4 Å². The molecule has 0 fully saturated rings. The van der Waals surface area contributed by atoms with Gasteiger partial charge in [0.25, 0.3) is 5.91 Å². The van der Waals surface area contributed by atoms with Crippen molar-refractivity contribution in [2.75, 3.05) is 11.1 Å². The van der Waals surface area contributed by atoms with E-state index in [2.05, 4.69) is 5.32 Å². The molecule has 104 valence electrons. The van der Waals surface area contributed by atoms with Gasteiger partial charge in [-0.1, -0.05) is 12.1 Å². The highest BCUT2D eigenvalue weighted by Crippen LogP contribution is 2.23. The Morgan fingerprint density at radius 1 is 1.20 bits per heavy atom. The lowest BCUT2D eigenvalue weighted by molar-refractivity contribution is 0.100. The molecular weight excluding hydrogens is 257 g/mol. The molecule has 1 unspecified atom stereocenters. The average molecular weight is 273 g/mol. The molecule has 2 aromatic carbocycles. The van der Waals surface area contributed by atoms with Crippen LogP contribution in [0.5, 0.6) is 0 Å². The van der Waals surface area contributed by atoms with Crippen LogP contribution in [-0.2, 0) is 0 Å². The zero-order valence-electron chi connectivity index (χ0n) is 11.1. The molecule has 2 rings (SSSR count). The maximum Gasteiger partial charge on any atom is 0.250 e. The van der Waals surface area contributed by atoms with Crippen LogP contribution >= 0.6 is 0 Å². The molecule has 4 nitrogen and oxygen atoms in total. The Morgan fingerprint density at radius 2 is 1.85 bits per heavy atom. The molecule has 5 heteroatoms. The minimum atomic E-state index is -0.670. The number of anilines is 2. The number of nitrogen functional groups attached to an aromatic ring is 1. The number of carbonyl (C=O) groups excluding carboxylic acids is 1. The second kappa shape index (κ2) is 5.61. The minimum Gasteiger partial charge on any atom is -0.399 e. The van der Waals surface area contributed by atoms with Gasteiger partial charge in [-0.25, -0.2) is 4.39 Å². The Kier molecular flexibility index (Phi) is 3.89. The summed E-state index contributed by atoms with van der Waals surface area (Å²) in [6.07, 6.45) is 0. The molecule has 2 aromatic rings. The fourth-order valence-electron chi connectivity index (χ4n) is 1.95. The largest absolute Gasteiger partial charge is 0.399 e. The lowest BCUT2D eigenvalue weighted by Gasteiger charge is -2.17. The first-order valence-corrected chi connectivity index (χ1v) is 6.18. The number of hydrogen-bond acceptors (Lipinski definition) is 3. The number of benzene rings is 2. The van der Waals surface area contributed by atoms with E-state index in [9.17, 15) is 9.18 Å². The van der Waals surface area contributed by atoms with Crippen molar-refractivity contribution in [1.29, 1.82) is 0 Å². The number of carbonyl (C=O) groups is 1. The summed E-state index contributed by atoms with van der Waals surface area (Å²) in [4.78, 5) is 11.3. The van der Waals surface area contributed by atoms with E-state index in [4.69, 9.17) is 11.5 Å². The van der Waals surface area contributed by atoms with Crippen LogP contribution in [0, 0.1) is 5.82 Å². The van der Waals surface area contributed by atoms with Crippen LogP contribution in [0.4, 0.5) is 15.8 Å². The second-order valence-corrected chi connectivity index (χ2v) is 4.59. The summed E-state index contributed by atoms with van der Waals surface area (Å²) in [5, 5.41) is 3.15. The third-order valence-electron chi connectivity index (χ3n) is 3.06. The summed E-state index contributed by atoms with van der Waals surface area (Å²) in [5.74, 6) is -1.17. The van der Waals surface area contributed by atoms with E-state index in [-0.39, 0.29) is 11.6 Å². The minimum absolute atomic E-state index is 0.0702. The topological polar surface area (TPSA) is 81.1 Å². The van der Waals surface area contributed by atoms with Crippen molar-refractivity contribution in [3.8, 4) is 0 Å². The van der Waals surface area contributed by atoms with Crippen molar-refractivity contribution >= 4 is 17.3 Å². The first-order chi connectivity index (χ1) is 9.47. The van der Waals surface area contributed by atoms with Gasteiger partial charge in [-0.3, -0.25) is 4.79 Å². The van der Waals surface area contributed by atoms with Crippen LogP contribution in [0.3, 0.4) is 0 Å². The summed E-state index contributed by atoms with van der Waals surface area (Å²) in [5.41, 5.74) is 13.2. The highest BCUT2D eigenvalue weighted by Gasteiger charge is 2.12. The van der Waals surface area contributed by atoms with Gasteiger partial charge in [0, 0.05) is 17.4 Å². The van der Waals surface area contributed by atoms with E-state index >= 15 is 0 Å². The van der Waals surface area contributed by atoms with Gasteiger partial charge in [-0.05, 0) is 42.8 Å². The smallest absolute Gasteiger partial charge is 0.250 e. The van der Waals surface area contributed by atoms with Gasteiger partial charge in [0.2, 0.25) is 0 Å². The molecule has 0 saturated heterocycles. The van der Waals surface area contributed by atoms with Crippen molar-refractivity contribution in [2.45, 2.75) is 13.0 Å². The fraction of sp³-hybridized carbons (Fsp3) is 0.133. The van der Waals surface area contributed by atoms with Crippen LogP contribution in [0.15, 0.2) is 42.5 Å². The lowest BCUT2D eigenvalue weighted by Crippen LogP contribution is -2.16. The number of rotatable bonds is 4. The third kappa shape index (κ3) is 3.06. The van der Waals surface area contributed by atoms with E-state index in [1.807, 2.05) is 19.1 Å². The van der Waals surface area contributed by atoms with E-state index in [1.54, 1.807) is 12.1 Å². The Bertz CT molecular complexity index is 626. The summed E-state index contributed by atoms with van der Waals surface area (Å²) in [6, 6.07) is 11.2. The number of primary amides is 1. The zero-order chi connectivity index (χ0) is 14.7. The molecule has 20 heavy (non-hydrogen) atoms. The molecule has 0 heterocycles. The molecule has 0 aliphatic heterocycles. The number of nitrogens with two attached hydrogens (primary N) is 2. The normalized spacial score (nSPS) is 11.9. The maximum atomic E-state index is 13.2. The quantitative estimate of drug-likeness (QED) is 0.749. The molecule has 0 aliphatic carbocycles. The molecule has 0 radical (unpaired) electrons. The van der Waals surface area contributed by atoms with Crippen molar-refractivity contribution < 1.29 is 9.18 Å². The fourth-order valence-corrected chi connectivity index (χ4v) is 1.95. The van der Waals surface area contributed by atoms with Crippen LogP contribution in [0.25, 0.3) is 0 Å². The summed E-state index contributed by atoms with van der Waals surface area (Å²) in [6.45, 7) is 1.93. The van der Waals surface area contributed by atoms with Crippen molar-refractivity contribution in [1.82, 2.24) is 0 Å². The van der Waals surface area contributed by atoms with Gasteiger partial charge in [0.15, 0.2) is 0 Å². The van der Waals surface area contributed by atoms with Crippen LogP contribution < -0.4 is 16.8 Å². The van der Waals surface area contributed by atoms with E-state index < -0.39 is 11.7 Å². The highest BCUT2D eigenvalue weighted by atomic mass is 19.1. The summed E-state index contributed by atoms with van der Waals surface area (Å²) >= 11 is 0. The van der Waals surface area contributed by atoms with Gasteiger partial charge in [-0.15, -0.1) is 0 Å². The average Bonchev–Trinajstić information content (AvgIpc) is 2.41. The van der Waals surface area contributed by atoms with E-state index in [0.717, 1.165) is 11.6 Å². The first-order valence-electron chi connectivity index (χ1n) is 6.18. The monoisotopic (exact) mass is 273 g/mol. The van der Waals surface area contributed by atoms with Crippen molar-refractivity contribution in [3.63, 3.8) is 0 Å². The summed E-state index contributed by atoms with van der Waals surface area (Å²) < 4.78 is 13.2. The predicted molar refractivity (Wildman–Crippen MR) is 77.8 cm³/mol. The SMILES string of the molecule is CC(Nc1ccc(F)cc1C(N)=O)c1ccc(N)cc1. The van der Waals surface area contributed by atoms with Gasteiger partial charge < -0.3 is 16.8 Å². The molecule has 0 aromatic heterocycles. The zero-order valence-corrected chi connectivity index (χ0v) is 11.1. The maximum absolute atomic E-state index is 13.2. The first kappa shape index (κ1) is 13.9. The molecule has 0 saturated carbocycles. The molecule has 5 N–H and O–H groups in total. The number of nitrogens with one attached hydrogen (secondary N) is 1. The van der Waals surface area contributed by atoms with Crippen LogP contribution in [0.1, 0.15) is 28.9 Å². The highest BCUT2D eigenvalue weighted by molar-refractivity contribution is 5.98. The molecule has 0 aliphatic rings. The van der Waals surface area contributed by atoms with Gasteiger partial charge >= 0.3 is 0 Å². The Balaban J connectivity index is 2.25. The lowest BCUT2D eigenvalue weighted by atomic mass is 10.1. The number of halogens is 1.